The fraction of sp³-hybridized carbons (Fsp3) is 0.412. The number of hydrogen-bond acceptors (Lipinski definition) is 3. The van der Waals surface area contributed by atoms with Crippen LogP contribution in [0, 0.1) is 13.8 Å². The van der Waals surface area contributed by atoms with Gasteiger partial charge in [-0.3, -0.25) is 4.79 Å². The van der Waals surface area contributed by atoms with Crippen LogP contribution in [0.4, 0.5) is 0 Å². The lowest BCUT2D eigenvalue weighted by molar-refractivity contribution is 0.0950. The summed E-state index contributed by atoms with van der Waals surface area (Å²) in [5.74, 6) is -0.0198. The summed E-state index contributed by atoms with van der Waals surface area (Å²) in [6, 6.07) is 10.0. The Hall–Kier alpha value is -1.85. The summed E-state index contributed by atoms with van der Waals surface area (Å²) >= 11 is 0. The quantitative estimate of drug-likeness (QED) is 0.902. The first kappa shape index (κ1) is 17.5. The summed E-state index contributed by atoms with van der Waals surface area (Å²) in [5, 5.41) is 10.8. The van der Waals surface area contributed by atoms with Gasteiger partial charge in [-0.1, -0.05) is 0 Å². The van der Waals surface area contributed by atoms with Crippen molar-refractivity contribution in [2.75, 3.05) is 13.1 Å². The minimum absolute atomic E-state index is 0. The Balaban J connectivity index is 0.00000192. The van der Waals surface area contributed by atoms with Crippen molar-refractivity contribution < 1.29 is 4.79 Å². The van der Waals surface area contributed by atoms with Gasteiger partial charge in [-0.15, -0.1) is 12.4 Å². The molecule has 0 bridgehead atoms. The van der Waals surface area contributed by atoms with Crippen molar-refractivity contribution >= 4 is 18.3 Å². The molecular weight excluding hydrogens is 312 g/mol. The highest BCUT2D eigenvalue weighted by Crippen LogP contribution is 2.13. The van der Waals surface area contributed by atoms with E-state index in [9.17, 15) is 4.79 Å². The lowest BCUT2D eigenvalue weighted by Crippen LogP contribution is -2.37. The Kier molecular flexibility index (Phi) is 5.80. The SMILES string of the molecule is Cc1cc(C)n(-c2ccc(C(=O)NCC3CCCN3)cc2)n1.Cl. The van der Waals surface area contributed by atoms with Crippen LogP contribution >= 0.6 is 12.4 Å². The van der Waals surface area contributed by atoms with Gasteiger partial charge in [0.2, 0.25) is 0 Å². The Morgan fingerprint density at radius 3 is 2.65 bits per heavy atom. The third kappa shape index (κ3) is 4.12. The summed E-state index contributed by atoms with van der Waals surface area (Å²) < 4.78 is 1.89. The standard InChI is InChI=1S/C17H22N4O.ClH/c1-12-10-13(2)21(20-12)16-7-5-14(6-8-16)17(22)19-11-15-4-3-9-18-15;/h5-8,10,15,18H,3-4,9,11H2,1-2H3,(H,19,22);1H. The molecule has 124 valence electrons. The molecule has 1 amide bonds. The van der Waals surface area contributed by atoms with Gasteiger partial charge in [0.25, 0.3) is 5.91 Å². The molecule has 1 aromatic heterocycles. The molecule has 1 saturated heterocycles. The highest BCUT2D eigenvalue weighted by atomic mass is 35.5. The summed E-state index contributed by atoms with van der Waals surface area (Å²) in [6.45, 7) is 5.74. The molecule has 2 aromatic rings. The summed E-state index contributed by atoms with van der Waals surface area (Å²) in [6.07, 6.45) is 2.33. The third-order valence-electron chi connectivity index (χ3n) is 4.06. The Bertz CT molecular complexity index is 660. The molecule has 1 fully saturated rings. The van der Waals surface area contributed by atoms with Gasteiger partial charge in [0.15, 0.2) is 0 Å². The maximum absolute atomic E-state index is 12.2. The number of nitrogens with one attached hydrogen (secondary N) is 2. The molecule has 2 heterocycles. The molecule has 1 aliphatic rings. The first-order valence-corrected chi connectivity index (χ1v) is 7.79. The van der Waals surface area contributed by atoms with E-state index in [4.69, 9.17) is 0 Å². The van der Waals surface area contributed by atoms with E-state index >= 15 is 0 Å². The van der Waals surface area contributed by atoms with E-state index in [0.717, 1.165) is 30.0 Å². The van der Waals surface area contributed by atoms with Crippen LogP contribution in [-0.2, 0) is 0 Å². The van der Waals surface area contributed by atoms with Crippen LogP contribution in [-0.4, -0.2) is 34.8 Å². The lowest BCUT2D eigenvalue weighted by Gasteiger charge is -2.12. The molecule has 1 aliphatic heterocycles. The minimum atomic E-state index is -0.0198. The van der Waals surface area contributed by atoms with E-state index in [1.54, 1.807) is 0 Å². The third-order valence-corrected chi connectivity index (χ3v) is 4.06. The maximum atomic E-state index is 12.2. The summed E-state index contributed by atoms with van der Waals surface area (Å²) in [4.78, 5) is 12.2. The number of carbonyl (C=O) groups excluding carboxylic acids is 1. The van der Waals surface area contributed by atoms with E-state index in [1.165, 1.54) is 6.42 Å². The van der Waals surface area contributed by atoms with Gasteiger partial charge in [-0.2, -0.15) is 5.10 Å². The molecule has 0 saturated carbocycles. The van der Waals surface area contributed by atoms with Crippen LogP contribution in [0.5, 0.6) is 0 Å². The molecule has 5 nitrogen and oxygen atoms in total. The molecule has 3 rings (SSSR count). The van der Waals surface area contributed by atoms with Crippen molar-refractivity contribution in [2.45, 2.75) is 32.7 Å². The lowest BCUT2D eigenvalue weighted by atomic mass is 10.1. The molecule has 1 atom stereocenters. The van der Waals surface area contributed by atoms with Gasteiger partial charge in [-0.25, -0.2) is 4.68 Å². The van der Waals surface area contributed by atoms with E-state index in [2.05, 4.69) is 15.7 Å². The zero-order valence-electron chi connectivity index (χ0n) is 13.5. The monoisotopic (exact) mass is 334 g/mol. The largest absolute Gasteiger partial charge is 0.350 e. The van der Waals surface area contributed by atoms with E-state index in [-0.39, 0.29) is 18.3 Å². The second kappa shape index (κ2) is 7.62. The van der Waals surface area contributed by atoms with Crippen LogP contribution in [0.25, 0.3) is 5.69 Å². The average Bonchev–Trinajstić information content (AvgIpc) is 3.14. The Labute approximate surface area is 142 Å². The first-order chi connectivity index (χ1) is 10.6. The average molecular weight is 335 g/mol. The van der Waals surface area contributed by atoms with Crippen LogP contribution in [0.15, 0.2) is 30.3 Å². The highest BCUT2D eigenvalue weighted by Gasteiger charge is 2.15. The molecule has 0 aliphatic carbocycles. The van der Waals surface area contributed by atoms with Crippen molar-refractivity contribution in [3.8, 4) is 5.69 Å². The molecular formula is C17H23ClN4O. The molecule has 1 unspecified atom stereocenters. The van der Waals surface area contributed by atoms with E-state index < -0.39 is 0 Å². The summed E-state index contributed by atoms with van der Waals surface area (Å²) in [5.41, 5.74) is 3.73. The van der Waals surface area contributed by atoms with E-state index in [0.29, 0.717) is 18.2 Å². The molecule has 2 N–H and O–H groups in total. The van der Waals surface area contributed by atoms with Gasteiger partial charge in [0, 0.05) is 23.8 Å². The molecule has 0 radical (unpaired) electrons. The number of aryl methyl sites for hydroxylation is 2. The number of halogens is 1. The van der Waals surface area contributed by atoms with Gasteiger partial charge in [-0.05, 0) is 63.6 Å². The number of carbonyl (C=O) groups is 1. The fourth-order valence-corrected chi connectivity index (χ4v) is 2.89. The Morgan fingerprint density at radius 1 is 1.35 bits per heavy atom. The number of aromatic nitrogens is 2. The molecule has 0 spiro atoms. The van der Waals surface area contributed by atoms with Crippen molar-refractivity contribution in [1.82, 2.24) is 20.4 Å². The van der Waals surface area contributed by atoms with Gasteiger partial charge in [0.05, 0.1) is 11.4 Å². The molecule has 23 heavy (non-hydrogen) atoms. The molecule has 6 heteroatoms. The first-order valence-electron chi connectivity index (χ1n) is 7.79. The van der Waals surface area contributed by atoms with E-state index in [1.807, 2.05) is 48.9 Å². The van der Waals surface area contributed by atoms with Gasteiger partial charge >= 0.3 is 0 Å². The predicted molar refractivity (Wildman–Crippen MR) is 93.6 cm³/mol. The zero-order valence-corrected chi connectivity index (χ0v) is 14.3. The van der Waals surface area contributed by atoms with Gasteiger partial charge < -0.3 is 10.6 Å². The maximum Gasteiger partial charge on any atom is 0.251 e. The smallest absolute Gasteiger partial charge is 0.251 e. The second-order valence-corrected chi connectivity index (χ2v) is 5.89. The normalized spacial score (nSPS) is 16.9. The fourth-order valence-electron chi connectivity index (χ4n) is 2.89. The number of hydrogen-bond donors (Lipinski definition) is 2. The summed E-state index contributed by atoms with van der Waals surface area (Å²) in [7, 11) is 0. The highest BCUT2D eigenvalue weighted by molar-refractivity contribution is 5.94. The van der Waals surface area contributed by atoms with Crippen molar-refractivity contribution in [3.05, 3.63) is 47.3 Å². The van der Waals surface area contributed by atoms with Crippen molar-refractivity contribution in [2.24, 2.45) is 0 Å². The van der Waals surface area contributed by atoms with Crippen LogP contribution in [0.3, 0.4) is 0 Å². The van der Waals surface area contributed by atoms with Crippen LogP contribution in [0.1, 0.15) is 34.6 Å². The Morgan fingerprint density at radius 2 is 2.09 bits per heavy atom. The number of amides is 1. The van der Waals surface area contributed by atoms with Crippen LogP contribution < -0.4 is 10.6 Å². The predicted octanol–water partition coefficient (Wildman–Crippen LogP) is 2.39. The molecule has 1 aromatic carbocycles. The second-order valence-electron chi connectivity index (χ2n) is 5.89. The number of rotatable bonds is 4. The van der Waals surface area contributed by atoms with Crippen LogP contribution in [0.2, 0.25) is 0 Å². The van der Waals surface area contributed by atoms with Crippen molar-refractivity contribution in [1.29, 1.82) is 0 Å². The number of benzene rings is 1. The van der Waals surface area contributed by atoms with Crippen molar-refractivity contribution in [3.63, 3.8) is 0 Å². The van der Waals surface area contributed by atoms with Gasteiger partial charge in [0.1, 0.15) is 0 Å². The minimum Gasteiger partial charge on any atom is -0.350 e. The topological polar surface area (TPSA) is 59.0 Å². The zero-order chi connectivity index (χ0) is 15.5. The number of nitrogens with zero attached hydrogens (tertiary/aromatic N) is 2.